The van der Waals surface area contributed by atoms with Crippen LogP contribution in [0, 0.1) is 5.92 Å². The topological polar surface area (TPSA) is 15.3 Å². The van der Waals surface area contributed by atoms with Crippen molar-refractivity contribution < 1.29 is 0 Å². The van der Waals surface area contributed by atoms with Crippen LogP contribution in [0.25, 0.3) is 0 Å². The maximum atomic E-state index is 3.78. The van der Waals surface area contributed by atoms with E-state index in [2.05, 4.69) is 50.0 Å². The lowest BCUT2D eigenvalue weighted by molar-refractivity contribution is 0.109. The zero-order chi connectivity index (χ0) is 15.2. The van der Waals surface area contributed by atoms with Crippen molar-refractivity contribution in [2.24, 2.45) is 5.92 Å². The Morgan fingerprint density at radius 3 is 2.67 bits per heavy atom. The molecule has 0 bridgehead atoms. The highest BCUT2D eigenvalue weighted by molar-refractivity contribution is 7.11. The van der Waals surface area contributed by atoms with Crippen molar-refractivity contribution >= 4 is 11.3 Å². The highest BCUT2D eigenvalue weighted by Gasteiger charge is 2.27. The smallest absolute Gasteiger partial charge is 0.0332 e. The molecule has 0 aliphatic carbocycles. The largest absolute Gasteiger partial charge is 0.311 e. The van der Waals surface area contributed by atoms with Crippen LogP contribution < -0.4 is 5.32 Å². The lowest BCUT2D eigenvalue weighted by Crippen LogP contribution is -2.56. The molecule has 21 heavy (non-hydrogen) atoms. The minimum absolute atomic E-state index is 0.670. The molecule has 1 aliphatic heterocycles. The van der Waals surface area contributed by atoms with Gasteiger partial charge in [0.05, 0.1) is 0 Å². The number of rotatable bonds is 7. The summed E-state index contributed by atoms with van der Waals surface area (Å²) in [5.41, 5.74) is 0. The number of nitrogens with zero attached hydrogens (tertiary/aromatic N) is 1. The Kier molecular flexibility index (Phi) is 6.72. The number of aryl methyl sites for hydroxylation is 1. The molecule has 1 N–H and O–H groups in total. The maximum absolute atomic E-state index is 3.78. The van der Waals surface area contributed by atoms with E-state index in [4.69, 9.17) is 0 Å². The second-order valence-corrected chi connectivity index (χ2v) is 8.08. The summed E-state index contributed by atoms with van der Waals surface area (Å²) in [5.74, 6) is 0.778. The van der Waals surface area contributed by atoms with Gasteiger partial charge in [0, 0.05) is 41.5 Å². The van der Waals surface area contributed by atoms with Crippen molar-refractivity contribution in [3.05, 3.63) is 21.9 Å². The van der Waals surface area contributed by atoms with E-state index in [-0.39, 0.29) is 0 Å². The molecule has 1 aliphatic rings. The Labute approximate surface area is 134 Å². The Hall–Kier alpha value is -0.380. The third kappa shape index (κ3) is 5.08. The monoisotopic (exact) mass is 308 g/mol. The number of hydrogen-bond donors (Lipinski definition) is 1. The van der Waals surface area contributed by atoms with Crippen molar-refractivity contribution in [1.82, 2.24) is 10.2 Å². The fourth-order valence-corrected chi connectivity index (χ4v) is 4.35. The van der Waals surface area contributed by atoms with Gasteiger partial charge in [0.25, 0.3) is 0 Å². The van der Waals surface area contributed by atoms with Gasteiger partial charge in [-0.05, 0) is 37.3 Å². The molecule has 2 nitrogen and oxygen atoms in total. The van der Waals surface area contributed by atoms with Gasteiger partial charge in [0.15, 0.2) is 0 Å². The predicted octanol–water partition coefficient (Wildman–Crippen LogP) is 4.30. The minimum Gasteiger partial charge on any atom is -0.311 e. The van der Waals surface area contributed by atoms with Crippen molar-refractivity contribution in [3.8, 4) is 0 Å². The van der Waals surface area contributed by atoms with Gasteiger partial charge in [-0.2, -0.15) is 0 Å². The molecule has 0 spiro atoms. The summed E-state index contributed by atoms with van der Waals surface area (Å²) >= 11 is 2.00. The zero-order valence-corrected chi connectivity index (χ0v) is 15.0. The van der Waals surface area contributed by atoms with Crippen molar-refractivity contribution in [2.75, 3.05) is 13.1 Å². The van der Waals surface area contributed by atoms with Gasteiger partial charge >= 0.3 is 0 Å². The lowest BCUT2D eigenvalue weighted by atomic mass is 9.98. The zero-order valence-electron chi connectivity index (χ0n) is 14.2. The molecule has 1 aromatic rings. The van der Waals surface area contributed by atoms with E-state index in [1.807, 2.05) is 11.3 Å². The average molecular weight is 309 g/mol. The molecule has 1 fully saturated rings. The molecule has 2 atom stereocenters. The molecular weight excluding hydrogens is 276 g/mol. The molecule has 1 aromatic heterocycles. The van der Waals surface area contributed by atoms with Crippen LogP contribution in [0.2, 0.25) is 0 Å². The van der Waals surface area contributed by atoms with Gasteiger partial charge in [0.2, 0.25) is 0 Å². The normalized spacial score (nSPS) is 23.9. The molecule has 0 saturated carbocycles. The Balaban J connectivity index is 1.99. The first-order valence-electron chi connectivity index (χ1n) is 8.67. The van der Waals surface area contributed by atoms with Crippen molar-refractivity contribution in [1.29, 1.82) is 0 Å². The van der Waals surface area contributed by atoms with Crippen LogP contribution >= 0.6 is 11.3 Å². The molecule has 120 valence electrons. The second-order valence-electron chi connectivity index (χ2n) is 6.83. The fraction of sp³-hybridized carbons (Fsp3) is 0.778. The Bertz CT molecular complexity index is 413. The van der Waals surface area contributed by atoms with E-state index < -0.39 is 0 Å². The second kappa shape index (κ2) is 8.30. The quantitative estimate of drug-likeness (QED) is 0.808. The van der Waals surface area contributed by atoms with Gasteiger partial charge < -0.3 is 5.32 Å². The van der Waals surface area contributed by atoms with E-state index in [1.54, 1.807) is 0 Å². The fourth-order valence-electron chi connectivity index (χ4n) is 3.36. The SMILES string of the molecule is CCCC1CNC(CC(C)C)CN1Cc1ccc(CC)s1. The third-order valence-corrected chi connectivity index (χ3v) is 5.63. The third-order valence-electron chi connectivity index (χ3n) is 4.42. The molecule has 0 amide bonds. The summed E-state index contributed by atoms with van der Waals surface area (Å²) in [6.45, 7) is 12.7. The van der Waals surface area contributed by atoms with Crippen LogP contribution in [0.1, 0.15) is 56.7 Å². The van der Waals surface area contributed by atoms with E-state index in [0.29, 0.717) is 12.1 Å². The summed E-state index contributed by atoms with van der Waals surface area (Å²) in [6.07, 6.45) is 5.05. The predicted molar refractivity (Wildman–Crippen MR) is 94.0 cm³/mol. The minimum atomic E-state index is 0.670. The summed E-state index contributed by atoms with van der Waals surface area (Å²) < 4.78 is 0. The molecule has 2 heterocycles. The summed E-state index contributed by atoms with van der Waals surface area (Å²) in [5, 5.41) is 3.78. The van der Waals surface area contributed by atoms with E-state index in [1.165, 1.54) is 42.0 Å². The standard InChI is InChI=1S/C18H32N2S/c1-5-7-16-11-19-15(10-14(3)4)12-20(16)13-18-9-8-17(6-2)21-18/h8-9,14-16,19H,5-7,10-13H2,1-4H3. The van der Waals surface area contributed by atoms with Crippen LogP contribution in [0.3, 0.4) is 0 Å². The molecule has 0 aromatic carbocycles. The van der Waals surface area contributed by atoms with Crippen LogP contribution in [0.15, 0.2) is 12.1 Å². The molecule has 1 saturated heterocycles. The van der Waals surface area contributed by atoms with Crippen molar-refractivity contribution in [2.45, 2.75) is 72.0 Å². The van der Waals surface area contributed by atoms with Gasteiger partial charge in [0.1, 0.15) is 0 Å². The van der Waals surface area contributed by atoms with Crippen LogP contribution in [-0.2, 0) is 13.0 Å². The van der Waals surface area contributed by atoms with E-state index >= 15 is 0 Å². The van der Waals surface area contributed by atoms with Gasteiger partial charge in [-0.25, -0.2) is 0 Å². The van der Waals surface area contributed by atoms with Gasteiger partial charge in [-0.1, -0.05) is 34.1 Å². The Morgan fingerprint density at radius 2 is 2.05 bits per heavy atom. The van der Waals surface area contributed by atoms with Gasteiger partial charge in [-0.3, -0.25) is 4.90 Å². The number of piperazine rings is 1. The molecule has 2 unspecified atom stereocenters. The summed E-state index contributed by atoms with van der Waals surface area (Å²) in [6, 6.07) is 6.03. The summed E-state index contributed by atoms with van der Waals surface area (Å²) in [4.78, 5) is 5.79. The van der Waals surface area contributed by atoms with Gasteiger partial charge in [-0.15, -0.1) is 11.3 Å². The molecule has 3 heteroatoms. The first-order chi connectivity index (χ1) is 10.1. The first-order valence-corrected chi connectivity index (χ1v) is 9.49. The molecule has 0 radical (unpaired) electrons. The summed E-state index contributed by atoms with van der Waals surface area (Å²) in [7, 11) is 0. The number of nitrogens with one attached hydrogen (secondary N) is 1. The maximum Gasteiger partial charge on any atom is 0.0332 e. The molecular formula is C18H32N2S. The van der Waals surface area contributed by atoms with Crippen LogP contribution in [0.5, 0.6) is 0 Å². The number of thiophene rings is 1. The highest BCUT2D eigenvalue weighted by atomic mass is 32.1. The van der Waals surface area contributed by atoms with Crippen LogP contribution in [0.4, 0.5) is 0 Å². The van der Waals surface area contributed by atoms with E-state index in [0.717, 1.165) is 19.0 Å². The highest BCUT2D eigenvalue weighted by Crippen LogP contribution is 2.23. The lowest BCUT2D eigenvalue weighted by Gasteiger charge is -2.41. The van der Waals surface area contributed by atoms with Crippen molar-refractivity contribution in [3.63, 3.8) is 0 Å². The van der Waals surface area contributed by atoms with Crippen LogP contribution in [-0.4, -0.2) is 30.1 Å². The number of hydrogen-bond acceptors (Lipinski definition) is 3. The first kappa shape index (κ1) is 17.0. The van der Waals surface area contributed by atoms with E-state index in [9.17, 15) is 0 Å². The molecule has 2 rings (SSSR count). The average Bonchev–Trinajstić information content (AvgIpc) is 2.89. The Morgan fingerprint density at radius 1 is 1.29 bits per heavy atom.